The Morgan fingerprint density at radius 3 is 2.69 bits per heavy atom. The summed E-state index contributed by atoms with van der Waals surface area (Å²) in [6.45, 7) is 2.14. The molecule has 0 bridgehead atoms. The van der Waals surface area contributed by atoms with Gasteiger partial charge in [-0.25, -0.2) is 9.18 Å². The van der Waals surface area contributed by atoms with Crippen LogP contribution in [0.25, 0.3) is 21.2 Å². The van der Waals surface area contributed by atoms with E-state index in [0.29, 0.717) is 18.6 Å². The van der Waals surface area contributed by atoms with E-state index in [1.54, 1.807) is 36.5 Å². The fraction of sp³-hybridized carbons (Fsp3) is 0.125. The molecule has 0 saturated carbocycles. The van der Waals surface area contributed by atoms with Crippen LogP contribution >= 0.6 is 22.9 Å². The zero-order valence-electron chi connectivity index (χ0n) is 15.7. The predicted molar refractivity (Wildman–Crippen MR) is 117 cm³/mol. The maximum atomic E-state index is 13.4. The van der Waals surface area contributed by atoms with E-state index in [2.05, 4.69) is 18.2 Å². The summed E-state index contributed by atoms with van der Waals surface area (Å²) < 4.78 is 19.7. The molecule has 2 nitrogen and oxygen atoms in total. The highest BCUT2D eigenvalue weighted by Crippen LogP contribution is 2.36. The summed E-state index contributed by atoms with van der Waals surface area (Å²) in [6.07, 6.45) is 0.682. The van der Waals surface area contributed by atoms with Crippen molar-refractivity contribution in [3.63, 3.8) is 0 Å². The quantitative estimate of drug-likeness (QED) is 0.318. The van der Waals surface area contributed by atoms with Crippen molar-refractivity contribution in [2.24, 2.45) is 0 Å². The Morgan fingerprint density at radius 1 is 1.07 bits per heavy atom. The van der Waals surface area contributed by atoms with Crippen molar-refractivity contribution in [1.82, 2.24) is 0 Å². The Kier molecular flexibility index (Phi) is 5.65. The fourth-order valence-corrected chi connectivity index (χ4v) is 4.74. The van der Waals surface area contributed by atoms with Crippen molar-refractivity contribution in [2.45, 2.75) is 13.3 Å². The molecule has 0 aliphatic carbocycles. The van der Waals surface area contributed by atoms with Crippen molar-refractivity contribution in [3.8, 4) is 11.1 Å². The van der Waals surface area contributed by atoms with Crippen LogP contribution in [0, 0.1) is 5.82 Å². The van der Waals surface area contributed by atoms with Crippen LogP contribution in [0.5, 0.6) is 0 Å². The third-order valence-corrected chi connectivity index (χ3v) is 6.12. The molecule has 0 aliphatic heterocycles. The molecule has 4 aromatic rings. The molecule has 5 heteroatoms. The normalized spacial score (nSPS) is 11.0. The number of rotatable bonds is 5. The van der Waals surface area contributed by atoms with Gasteiger partial charge >= 0.3 is 5.97 Å². The molecular weight excluding hydrogens is 407 g/mol. The van der Waals surface area contributed by atoms with E-state index in [1.165, 1.54) is 6.07 Å². The van der Waals surface area contributed by atoms with E-state index in [0.717, 1.165) is 31.7 Å². The summed E-state index contributed by atoms with van der Waals surface area (Å²) >= 11 is 7.61. The van der Waals surface area contributed by atoms with E-state index in [4.69, 9.17) is 16.3 Å². The van der Waals surface area contributed by atoms with Crippen molar-refractivity contribution in [1.29, 1.82) is 0 Å². The summed E-state index contributed by atoms with van der Waals surface area (Å²) in [5, 5.41) is 1.28. The Hall–Kier alpha value is -2.69. The summed E-state index contributed by atoms with van der Waals surface area (Å²) in [6, 6.07) is 20.6. The SMILES string of the molecule is CCOC(=O)c1cccc(-c2cccc3cc(Cc4ccc(F)c(Cl)c4)sc23)c1. The number of carbonyl (C=O) groups is 1. The van der Waals surface area contributed by atoms with E-state index in [9.17, 15) is 9.18 Å². The predicted octanol–water partition coefficient (Wildman–Crippen LogP) is 7.13. The molecule has 1 aromatic heterocycles. The van der Waals surface area contributed by atoms with E-state index < -0.39 is 5.82 Å². The van der Waals surface area contributed by atoms with Crippen LogP contribution < -0.4 is 0 Å². The average molecular weight is 425 g/mol. The van der Waals surface area contributed by atoms with Crippen LogP contribution in [0.1, 0.15) is 27.7 Å². The largest absolute Gasteiger partial charge is 0.462 e. The summed E-state index contributed by atoms with van der Waals surface area (Å²) in [7, 11) is 0. The van der Waals surface area contributed by atoms with Crippen LogP contribution in [0.3, 0.4) is 0 Å². The van der Waals surface area contributed by atoms with E-state index in [1.807, 2.05) is 24.3 Å². The second kappa shape index (κ2) is 8.36. The van der Waals surface area contributed by atoms with E-state index in [-0.39, 0.29) is 11.0 Å². The van der Waals surface area contributed by atoms with Gasteiger partial charge in [-0.3, -0.25) is 0 Å². The molecular formula is C24H18ClFO2S. The first-order valence-electron chi connectivity index (χ1n) is 9.28. The molecule has 0 aliphatic rings. The fourth-order valence-electron chi connectivity index (χ4n) is 3.31. The van der Waals surface area contributed by atoms with Crippen LogP contribution in [-0.4, -0.2) is 12.6 Å². The molecule has 0 amide bonds. The lowest BCUT2D eigenvalue weighted by molar-refractivity contribution is 0.0526. The number of carbonyl (C=O) groups excluding carboxylic acids is 1. The van der Waals surface area contributed by atoms with Gasteiger partial charge in [0.2, 0.25) is 0 Å². The number of thiophene rings is 1. The molecule has 0 N–H and O–H groups in total. The van der Waals surface area contributed by atoms with Gasteiger partial charge in [0.25, 0.3) is 0 Å². The third kappa shape index (κ3) is 4.19. The lowest BCUT2D eigenvalue weighted by atomic mass is 10.0. The number of fused-ring (bicyclic) bond motifs is 1. The second-order valence-corrected chi connectivity index (χ2v) is 8.21. The summed E-state index contributed by atoms with van der Waals surface area (Å²) in [4.78, 5) is 13.3. The van der Waals surface area contributed by atoms with E-state index >= 15 is 0 Å². The van der Waals surface area contributed by atoms with Gasteiger partial charge in [0, 0.05) is 16.0 Å². The number of ether oxygens (including phenoxy) is 1. The number of halogens is 2. The second-order valence-electron chi connectivity index (χ2n) is 6.66. The minimum atomic E-state index is -0.407. The van der Waals surface area contributed by atoms with Crippen molar-refractivity contribution < 1.29 is 13.9 Å². The van der Waals surface area contributed by atoms with Gasteiger partial charge in [-0.1, -0.05) is 48.0 Å². The standard InChI is InChI=1S/C24H18ClFO2S/c1-2-28-24(27)18-7-3-5-16(13-18)20-8-4-6-17-14-19(29-23(17)20)11-15-9-10-22(26)21(25)12-15/h3-10,12-14H,2,11H2,1H3. The minimum absolute atomic E-state index is 0.139. The number of hydrogen-bond acceptors (Lipinski definition) is 3. The van der Waals surface area contributed by atoms with Crippen molar-refractivity contribution in [3.05, 3.63) is 93.6 Å². The van der Waals surface area contributed by atoms with Gasteiger partial charge in [0.15, 0.2) is 0 Å². The van der Waals surface area contributed by atoms with Gasteiger partial charge in [-0.2, -0.15) is 0 Å². The number of hydrogen-bond donors (Lipinski definition) is 0. The van der Waals surface area contributed by atoms with Crippen molar-refractivity contribution >= 4 is 39.0 Å². The Morgan fingerprint density at radius 2 is 1.90 bits per heavy atom. The number of esters is 1. The van der Waals surface area contributed by atoms with Gasteiger partial charge in [0.1, 0.15) is 5.82 Å². The Balaban J connectivity index is 1.70. The monoisotopic (exact) mass is 424 g/mol. The van der Waals surface area contributed by atoms with Gasteiger partial charge in [0.05, 0.1) is 17.2 Å². The average Bonchev–Trinajstić information content (AvgIpc) is 3.13. The molecule has 1 heterocycles. The molecule has 0 fully saturated rings. The first-order chi connectivity index (χ1) is 14.0. The Labute approximate surface area is 177 Å². The van der Waals surface area contributed by atoms with Crippen LogP contribution in [0.4, 0.5) is 4.39 Å². The van der Waals surface area contributed by atoms with Crippen LogP contribution in [-0.2, 0) is 11.2 Å². The molecule has 0 atom stereocenters. The Bertz CT molecular complexity index is 1200. The van der Waals surface area contributed by atoms with Gasteiger partial charge < -0.3 is 4.74 Å². The summed E-state index contributed by atoms with van der Waals surface area (Å²) in [5.41, 5.74) is 3.55. The maximum absolute atomic E-state index is 13.4. The molecule has 0 radical (unpaired) electrons. The molecule has 0 spiro atoms. The molecule has 0 unspecified atom stereocenters. The van der Waals surface area contributed by atoms with Crippen LogP contribution in [0.15, 0.2) is 66.7 Å². The molecule has 4 rings (SSSR count). The highest BCUT2D eigenvalue weighted by atomic mass is 35.5. The smallest absolute Gasteiger partial charge is 0.338 e. The lowest BCUT2D eigenvalue weighted by Crippen LogP contribution is -2.04. The maximum Gasteiger partial charge on any atom is 0.338 e. The highest BCUT2D eigenvalue weighted by molar-refractivity contribution is 7.19. The molecule has 146 valence electrons. The molecule has 29 heavy (non-hydrogen) atoms. The van der Waals surface area contributed by atoms with Gasteiger partial charge in [-0.05, 0) is 59.3 Å². The summed E-state index contributed by atoms with van der Waals surface area (Å²) in [5.74, 6) is -0.725. The molecule has 3 aromatic carbocycles. The molecule has 0 saturated heterocycles. The minimum Gasteiger partial charge on any atom is -0.462 e. The zero-order valence-corrected chi connectivity index (χ0v) is 17.3. The first kappa shape index (κ1) is 19.6. The lowest BCUT2D eigenvalue weighted by Gasteiger charge is -2.06. The first-order valence-corrected chi connectivity index (χ1v) is 10.5. The van der Waals surface area contributed by atoms with Crippen LogP contribution in [0.2, 0.25) is 5.02 Å². The number of benzene rings is 3. The third-order valence-electron chi connectivity index (χ3n) is 4.64. The van der Waals surface area contributed by atoms with Crippen molar-refractivity contribution in [2.75, 3.05) is 6.61 Å². The zero-order chi connectivity index (χ0) is 20.4. The topological polar surface area (TPSA) is 26.3 Å². The highest BCUT2D eigenvalue weighted by Gasteiger charge is 2.12. The van der Waals surface area contributed by atoms with Gasteiger partial charge in [-0.15, -0.1) is 11.3 Å².